The van der Waals surface area contributed by atoms with Gasteiger partial charge in [0.15, 0.2) is 0 Å². The number of benzene rings is 1. The van der Waals surface area contributed by atoms with E-state index in [0.717, 1.165) is 0 Å². The predicted octanol–water partition coefficient (Wildman–Crippen LogP) is 2.41. The van der Waals surface area contributed by atoms with Crippen LogP contribution in [-0.4, -0.2) is 68.3 Å². The number of likely N-dealkylation sites (N-methyl/N-ethyl adjacent to an activating group) is 1. The Hall–Kier alpha value is -1.96. The van der Waals surface area contributed by atoms with Crippen molar-refractivity contribution in [3.05, 3.63) is 23.8 Å². The zero-order valence-corrected chi connectivity index (χ0v) is 14.1. The maximum absolute atomic E-state index is 13.2. The van der Waals surface area contributed by atoms with Gasteiger partial charge in [0.2, 0.25) is 0 Å². The van der Waals surface area contributed by atoms with Crippen molar-refractivity contribution in [2.75, 3.05) is 34.4 Å². The van der Waals surface area contributed by atoms with E-state index in [1.54, 1.807) is 13.0 Å². The van der Waals surface area contributed by atoms with E-state index >= 15 is 0 Å². The zero-order chi connectivity index (χ0) is 18.1. The number of methoxy groups -OCH3 is 2. The molecule has 1 amide bonds. The van der Waals surface area contributed by atoms with Crippen molar-refractivity contribution >= 4 is 5.91 Å². The molecular formula is C16H21F3N2O3. The summed E-state index contributed by atoms with van der Waals surface area (Å²) in [5.74, 6) is 0.348. The maximum atomic E-state index is 13.2. The van der Waals surface area contributed by atoms with E-state index in [2.05, 4.69) is 0 Å². The smallest absolute Gasteiger partial charge is 0.405 e. The van der Waals surface area contributed by atoms with Crippen molar-refractivity contribution in [2.24, 2.45) is 0 Å². The first-order valence-corrected chi connectivity index (χ1v) is 7.48. The fraction of sp³-hybridized carbons (Fsp3) is 0.562. The van der Waals surface area contributed by atoms with Gasteiger partial charge in [-0.2, -0.15) is 13.2 Å². The van der Waals surface area contributed by atoms with Crippen LogP contribution in [0.2, 0.25) is 0 Å². The van der Waals surface area contributed by atoms with Gasteiger partial charge in [-0.3, -0.25) is 9.69 Å². The second-order valence-electron chi connectivity index (χ2n) is 5.88. The normalized spacial score (nSPS) is 22.4. The van der Waals surface area contributed by atoms with Crippen molar-refractivity contribution in [2.45, 2.75) is 25.2 Å². The molecule has 1 saturated heterocycles. The summed E-state index contributed by atoms with van der Waals surface area (Å²) in [6.07, 6.45) is -4.39. The topological polar surface area (TPSA) is 42.0 Å². The van der Waals surface area contributed by atoms with E-state index in [9.17, 15) is 18.0 Å². The highest BCUT2D eigenvalue weighted by atomic mass is 19.4. The molecule has 5 nitrogen and oxygen atoms in total. The molecular weight excluding hydrogens is 325 g/mol. The van der Waals surface area contributed by atoms with Crippen LogP contribution in [0.25, 0.3) is 0 Å². The van der Waals surface area contributed by atoms with Crippen LogP contribution in [0.5, 0.6) is 11.5 Å². The van der Waals surface area contributed by atoms with Gasteiger partial charge < -0.3 is 14.4 Å². The van der Waals surface area contributed by atoms with Gasteiger partial charge >= 0.3 is 6.18 Å². The number of carbonyl (C=O) groups excluding carboxylic acids is 1. The van der Waals surface area contributed by atoms with Gasteiger partial charge in [-0.15, -0.1) is 0 Å². The lowest BCUT2D eigenvalue weighted by Crippen LogP contribution is -2.62. The average molecular weight is 346 g/mol. The van der Waals surface area contributed by atoms with E-state index in [0.29, 0.717) is 11.5 Å². The summed E-state index contributed by atoms with van der Waals surface area (Å²) in [5, 5.41) is 0. The lowest BCUT2D eigenvalue weighted by Gasteiger charge is -2.44. The lowest BCUT2D eigenvalue weighted by molar-refractivity contribution is -0.197. The number of rotatable bonds is 3. The van der Waals surface area contributed by atoms with Gasteiger partial charge in [-0.25, -0.2) is 0 Å². The highest BCUT2D eigenvalue weighted by Crippen LogP contribution is 2.30. The number of hydrogen-bond acceptors (Lipinski definition) is 4. The molecule has 2 atom stereocenters. The fourth-order valence-corrected chi connectivity index (χ4v) is 2.78. The summed E-state index contributed by atoms with van der Waals surface area (Å²) in [4.78, 5) is 15.2. The highest BCUT2D eigenvalue weighted by molar-refractivity contribution is 5.95. The van der Waals surface area contributed by atoms with Gasteiger partial charge in [0.05, 0.1) is 14.2 Å². The molecule has 24 heavy (non-hydrogen) atoms. The maximum Gasteiger partial charge on any atom is 0.405 e. The first kappa shape index (κ1) is 18.4. The number of hydrogen-bond donors (Lipinski definition) is 0. The van der Waals surface area contributed by atoms with Crippen LogP contribution in [0, 0.1) is 0 Å². The second kappa shape index (κ2) is 6.88. The first-order valence-electron chi connectivity index (χ1n) is 7.48. The molecule has 0 radical (unpaired) electrons. The van der Waals surface area contributed by atoms with Crippen LogP contribution in [0.15, 0.2) is 18.2 Å². The molecule has 134 valence electrons. The van der Waals surface area contributed by atoms with E-state index in [1.165, 1.54) is 43.2 Å². The third-order valence-electron chi connectivity index (χ3n) is 4.33. The summed E-state index contributed by atoms with van der Waals surface area (Å²) < 4.78 is 49.9. The van der Waals surface area contributed by atoms with Gasteiger partial charge in [-0.05, 0) is 26.1 Å². The molecule has 0 bridgehead atoms. The minimum atomic E-state index is -4.39. The van der Waals surface area contributed by atoms with Crippen LogP contribution in [-0.2, 0) is 0 Å². The molecule has 0 N–H and O–H groups in total. The Morgan fingerprint density at radius 1 is 1.12 bits per heavy atom. The van der Waals surface area contributed by atoms with Crippen molar-refractivity contribution in [3.63, 3.8) is 0 Å². The number of alkyl halides is 3. The summed E-state index contributed by atoms with van der Waals surface area (Å²) in [6.45, 7) is 1.49. The number of halogens is 3. The number of carbonyl (C=O) groups is 1. The number of ether oxygens (including phenoxy) is 2. The largest absolute Gasteiger partial charge is 0.497 e. The summed E-state index contributed by atoms with van der Waals surface area (Å²) >= 11 is 0. The molecule has 8 heteroatoms. The Balaban J connectivity index is 2.29. The molecule has 0 aliphatic carbocycles. The highest BCUT2D eigenvalue weighted by Gasteiger charge is 2.48. The van der Waals surface area contributed by atoms with E-state index in [1.807, 2.05) is 0 Å². The molecule has 1 aliphatic rings. The Morgan fingerprint density at radius 2 is 1.67 bits per heavy atom. The van der Waals surface area contributed by atoms with Crippen LogP contribution < -0.4 is 9.47 Å². The van der Waals surface area contributed by atoms with Gasteiger partial charge in [0.1, 0.15) is 17.5 Å². The van der Waals surface area contributed by atoms with Crippen LogP contribution in [0.1, 0.15) is 17.3 Å². The number of nitrogens with zero attached hydrogens (tertiary/aromatic N) is 2. The molecule has 2 rings (SSSR count). The molecule has 1 heterocycles. The summed E-state index contributed by atoms with van der Waals surface area (Å²) in [6, 6.07) is 2.51. The molecule has 1 fully saturated rings. The van der Waals surface area contributed by atoms with Crippen molar-refractivity contribution in [1.29, 1.82) is 0 Å². The SMILES string of the molecule is COc1cc(OC)cc(C(=O)N2CC(C)N(C)C(C(F)(F)F)C2)c1. The fourth-order valence-electron chi connectivity index (χ4n) is 2.78. The molecule has 0 aromatic heterocycles. The van der Waals surface area contributed by atoms with Crippen molar-refractivity contribution in [1.82, 2.24) is 9.80 Å². The van der Waals surface area contributed by atoms with Gasteiger partial charge in [0.25, 0.3) is 5.91 Å². The predicted molar refractivity (Wildman–Crippen MR) is 82.5 cm³/mol. The van der Waals surface area contributed by atoms with Crippen LogP contribution in [0.3, 0.4) is 0 Å². The first-order chi connectivity index (χ1) is 11.2. The van der Waals surface area contributed by atoms with Crippen LogP contribution in [0.4, 0.5) is 13.2 Å². The van der Waals surface area contributed by atoms with Gasteiger partial charge in [-0.1, -0.05) is 0 Å². The molecule has 2 unspecified atom stereocenters. The lowest BCUT2D eigenvalue weighted by atomic mass is 10.1. The van der Waals surface area contributed by atoms with E-state index in [4.69, 9.17) is 9.47 Å². The third-order valence-corrected chi connectivity index (χ3v) is 4.33. The molecule has 0 saturated carbocycles. The molecule has 1 aromatic rings. The third kappa shape index (κ3) is 3.75. The Bertz CT molecular complexity index is 584. The quantitative estimate of drug-likeness (QED) is 0.843. The molecule has 1 aliphatic heterocycles. The Morgan fingerprint density at radius 3 is 2.12 bits per heavy atom. The zero-order valence-electron chi connectivity index (χ0n) is 14.1. The summed E-state index contributed by atoms with van der Waals surface area (Å²) in [5.41, 5.74) is 0.240. The average Bonchev–Trinajstić information content (AvgIpc) is 2.54. The molecule has 0 spiro atoms. The van der Waals surface area contributed by atoms with Crippen molar-refractivity contribution in [3.8, 4) is 11.5 Å². The standard InChI is InChI=1S/C16H21F3N2O3/c1-10-8-21(9-14(20(10)2)16(17,18)19)15(22)11-5-12(23-3)7-13(6-11)24-4/h5-7,10,14H,8-9H2,1-4H3. The van der Waals surface area contributed by atoms with Crippen molar-refractivity contribution < 1.29 is 27.4 Å². The number of piperazine rings is 1. The van der Waals surface area contributed by atoms with E-state index < -0.39 is 30.7 Å². The van der Waals surface area contributed by atoms with Crippen LogP contribution >= 0.6 is 0 Å². The Kier molecular flexibility index (Phi) is 5.27. The summed E-state index contributed by atoms with van der Waals surface area (Å²) in [7, 11) is 4.32. The minimum Gasteiger partial charge on any atom is -0.497 e. The van der Waals surface area contributed by atoms with Gasteiger partial charge in [0, 0.05) is 30.8 Å². The monoisotopic (exact) mass is 346 g/mol. The minimum absolute atomic E-state index is 0.224. The Labute approximate surface area is 138 Å². The second-order valence-corrected chi connectivity index (χ2v) is 5.88. The number of amides is 1. The van der Waals surface area contributed by atoms with E-state index in [-0.39, 0.29) is 12.1 Å². The molecule has 1 aromatic carbocycles.